The van der Waals surface area contributed by atoms with E-state index in [4.69, 9.17) is 4.74 Å². The molecule has 0 bridgehead atoms. The van der Waals surface area contributed by atoms with E-state index >= 15 is 0 Å². The van der Waals surface area contributed by atoms with Crippen LogP contribution in [-0.2, 0) is 11.3 Å². The molecule has 0 aliphatic carbocycles. The SMILES string of the molecule is CCOc1ccc(C(=O)NC(C(=O)NCc2ccc(C)s2)C(C)C)cc1. The summed E-state index contributed by atoms with van der Waals surface area (Å²) < 4.78 is 5.38. The number of ether oxygens (including phenoxy) is 1. The van der Waals surface area contributed by atoms with Gasteiger partial charge in [-0.05, 0) is 56.2 Å². The molecule has 2 aromatic rings. The maximum atomic E-state index is 12.5. The van der Waals surface area contributed by atoms with Gasteiger partial charge >= 0.3 is 0 Å². The first-order valence-corrected chi connectivity index (χ1v) is 9.59. The molecule has 0 spiro atoms. The van der Waals surface area contributed by atoms with Crippen LogP contribution in [-0.4, -0.2) is 24.5 Å². The van der Waals surface area contributed by atoms with E-state index in [-0.39, 0.29) is 17.7 Å². The molecule has 2 N–H and O–H groups in total. The van der Waals surface area contributed by atoms with Crippen molar-refractivity contribution in [3.63, 3.8) is 0 Å². The molecule has 1 aromatic carbocycles. The molecule has 1 heterocycles. The molecule has 1 atom stereocenters. The number of carbonyl (C=O) groups is 2. The number of aryl methyl sites for hydroxylation is 1. The van der Waals surface area contributed by atoms with Gasteiger partial charge in [0.1, 0.15) is 11.8 Å². The van der Waals surface area contributed by atoms with E-state index in [1.54, 1.807) is 35.6 Å². The Labute approximate surface area is 158 Å². The lowest BCUT2D eigenvalue weighted by Gasteiger charge is -2.21. The minimum atomic E-state index is -0.588. The van der Waals surface area contributed by atoms with Crippen LogP contribution in [0.3, 0.4) is 0 Å². The number of rotatable bonds is 8. The standard InChI is InChI=1S/C20H26N2O3S/c1-5-25-16-9-7-15(8-10-16)19(23)22-18(13(2)3)20(24)21-12-17-11-6-14(4)26-17/h6-11,13,18H,5,12H2,1-4H3,(H,21,24)(H,22,23). The van der Waals surface area contributed by atoms with Crippen LogP contribution in [0.25, 0.3) is 0 Å². The molecule has 5 nitrogen and oxygen atoms in total. The Morgan fingerprint density at radius 2 is 1.81 bits per heavy atom. The fraction of sp³-hybridized carbons (Fsp3) is 0.400. The summed E-state index contributed by atoms with van der Waals surface area (Å²) in [4.78, 5) is 27.3. The molecule has 0 saturated carbocycles. The van der Waals surface area contributed by atoms with E-state index in [1.165, 1.54) is 4.88 Å². The quantitative estimate of drug-likeness (QED) is 0.743. The lowest BCUT2D eigenvalue weighted by atomic mass is 10.0. The second kappa shape index (κ2) is 9.38. The summed E-state index contributed by atoms with van der Waals surface area (Å²) in [5, 5.41) is 5.75. The highest BCUT2D eigenvalue weighted by atomic mass is 32.1. The monoisotopic (exact) mass is 374 g/mol. The summed E-state index contributed by atoms with van der Waals surface area (Å²) in [5.41, 5.74) is 0.501. The van der Waals surface area contributed by atoms with E-state index in [9.17, 15) is 9.59 Å². The largest absolute Gasteiger partial charge is 0.494 e. The predicted molar refractivity (Wildman–Crippen MR) is 105 cm³/mol. The molecule has 0 aliphatic rings. The third-order valence-electron chi connectivity index (χ3n) is 3.90. The molecule has 6 heteroatoms. The molecule has 0 fully saturated rings. The number of nitrogens with one attached hydrogen (secondary N) is 2. The van der Waals surface area contributed by atoms with Crippen LogP contribution in [0.4, 0.5) is 0 Å². The third kappa shape index (κ3) is 5.59. The Bertz CT molecular complexity index is 738. The van der Waals surface area contributed by atoms with Gasteiger partial charge in [0.2, 0.25) is 5.91 Å². The van der Waals surface area contributed by atoms with Crippen LogP contribution in [0.5, 0.6) is 5.75 Å². The average Bonchev–Trinajstić information content (AvgIpc) is 3.03. The highest BCUT2D eigenvalue weighted by Crippen LogP contribution is 2.15. The van der Waals surface area contributed by atoms with Crippen LogP contribution in [0.15, 0.2) is 36.4 Å². The van der Waals surface area contributed by atoms with Crippen molar-refractivity contribution in [3.05, 3.63) is 51.7 Å². The van der Waals surface area contributed by atoms with Crippen molar-refractivity contribution >= 4 is 23.2 Å². The van der Waals surface area contributed by atoms with Gasteiger partial charge in [0.05, 0.1) is 13.2 Å². The van der Waals surface area contributed by atoms with Gasteiger partial charge in [0.15, 0.2) is 0 Å². The van der Waals surface area contributed by atoms with Crippen molar-refractivity contribution in [2.75, 3.05) is 6.61 Å². The Morgan fingerprint density at radius 1 is 1.12 bits per heavy atom. The van der Waals surface area contributed by atoms with Crippen molar-refractivity contribution in [2.45, 2.75) is 40.3 Å². The molecular formula is C20H26N2O3S. The van der Waals surface area contributed by atoms with Crippen molar-refractivity contribution in [2.24, 2.45) is 5.92 Å². The zero-order valence-corrected chi connectivity index (χ0v) is 16.5. The molecule has 140 valence electrons. The predicted octanol–water partition coefficient (Wildman–Crippen LogP) is 3.53. The maximum absolute atomic E-state index is 12.5. The highest BCUT2D eigenvalue weighted by molar-refractivity contribution is 7.11. The highest BCUT2D eigenvalue weighted by Gasteiger charge is 2.24. The molecule has 2 amide bonds. The Kier molecular flexibility index (Phi) is 7.21. The first-order chi connectivity index (χ1) is 12.4. The zero-order valence-electron chi connectivity index (χ0n) is 15.7. The topological polar surface area (TPSA) is 67.4 Å². The second-order valence-corrected chi connectivity index (χ2v) is 7.76. The fourth-order valence-electron chi connectivity index (χ4n) is 2.49. The van der Waals surface area contributed by atoms with Crippen LogP contribution < -0.4 is 15.4 Å². The number of amides is 2. The van der Waals surface area contributed by atoms with Crippen LogP contribution in [0.1, 0.15) is 40.9 Å². The number of hydrogen-bond donors (Lipinski definition) is 2. The molecule has 0 aliphatic heterocycles. The number of carbonyl (C=O) groups excluding carboxylic acids is 2. The van der Waals surface area contributed by atoms with E-state index in [2.05, 4.69) is 10.6 Å². The number of thiophene rings is 1. The summed E-state index contributed by atoms with van der Waals surface area (Å²) in [7, 11) is 0. The summed E-state index contributed by atoms with van der Waals surface area (Å²) in [6, 6.07) is 10.3. The first-order valence-electron chi connectivity index (χ1n) is 8.77. The fourth-order valence-corrected chi connectivity index (χ4v) is 3.32. The normalized spacial score (nSPS) is 11.9. The Hall–Kier alpha value is -2.34. The van der Waals surface area contributed by atoms with Gasteiger partial charge in [-0.1, -0.05) is 13.8 Å². The number of hydrogen-bond acceptors (Lipinski definition) is 4. The van der Waals surface area contributed by atoms with Gasteiger partial charge in [0.25, 0.3) is 5.91 Å². The van der Waals surface area contributed by atoms with E-state index in [0.717, 1.165) is 4.88 Å². The van der Waals surface area contributed by atoms with Crippen molar-refractivity contribution in [3.8, 4) is 5.75 Å². The van der Waals surface area contributed by atoms with E-state index < -0.39 is 6.04 Å². The lowest BCUT2D eigenvalue weighted by molar-refractivity contribution is -0.124. The minimum Gasteiger partial charge on any atom is -0.494 e. The molecule has 0 saturated heterocycles. The van der Waals surface area contributed by atoms with Crippen molar-refractivity contribution in [1.29, 1.82) is 0 Å². The third-order valence-corrected chi connectivity index (χ3v) is 4.90. The van der Waals surface area contributed by atoms with Crippen molar-refractivity contribution in [1.82, 2.24) is 10.6 Å². The molecular weight excluding hydrogens is 348 g/mol. The van der Waals surface area contributed by atoms with Gasteiger partial charge in [-0.2, -0.15) is 0 Å². The molecule has 1 unspecified atom stereocenters. The van der Waals surface area contributed by atoms with E-state index in [1.807, 2.05) is 39.8 Å². The van der Waals surface area contributed by atoms with Crippen LogP contribution >= 0.6 is 11.3 Å². The summed E-state index contributed by atoms with van der Waals surface area (Å²) in [5.74, 6) is 0.249. The molecule has 1 aromatic heterocycles. The molecule has 26 heavy (non-hydrogen) atoms. The maximum Gasteiger partial charge on any atom is 0.251 e. The van der Waals surface area contributed by atoms with Crippen molar-refractivity contribution < 1.29 is 14.3 Å². The van der Waals surface area contributed by atoms with Gasteiger partial charge < -0.3 is 15.4 Å². The van der Waals surface area contributed by atoms with Gasteiger partial charge in [-0.3, -0.25) is 9.59 Å². The smallest absolute Gasteiger partial charge is 0.251 e. The molecule has 2 rings (SSSR count). The number of benzene rings is 1. The Balaban J connectivity index is 1.97. The first kappa shape index (κ1) is 20.0. The van der Waals surface area contributed by atoms with Crippen LogP contribution in [0, 0.1) is 12.8 Å². The molecule has 0 radical (unpaired) electrons. The van der Waals surface area contributed by atoms with Gasteiger partial charge in [-0.15, -0.1) is 11.3 Å². The average molecular weight is 375 g/mol. The zero-order chi connectivity index (χ0) is 19.1. The van der Waals surface area contributed by atoms with Crippen LogP contribution in [0.2, 0.25) is 0 Å². The lowest BCUT2D eigenvalue weighted by Crippen LogP contribution is -2.49. The summed E-state index contributed by atoms with van der Waals surface area (Å²) in [6.07, 6.45) is 0. The van der Waals surface area contributed by atoms with E-state index in [0.29, 0.717) is 24.5 Å². The second-order valence-electron chi connectivity index (χ2n) is 6.38. The minimum absolute atomic E-state index is 0.0216. The summed E-state index contributed by atoms with van der Waals surface area (Å²) >= 11 is 1.65. The Morgan fingerprint density at radius 3 is 2.35 bits per heavy atom. The van der Waals surface area contributed by atoms with Gasteiger partial charge in [-0.25, -0.2) is 0 Å². The van der Waals surface area contributed by atoms with Gasteiger partial charge in [0, 0.05) is 15.3 Å². The summed E-state index contributed by atoms with van der Waals surface area (Å²) in [6.45, 7) is 8.81.